The van der Waals surface area contributed by atoms with Crippen LogP contribution in [0.25, 0.3) is 0 Å². The smallest absolute Gasteiger partial charge is 0.220 e. The fraction of sp³-hybridized carbons (Fsp3) is 0.919. The number of amides is 1. The molecule has 4 aliphatic carbocycles. The number of carbonyl (C=O) groups is 1. The van der Waals surface area contributed by atoms with Gasteiger partial charge >= 0.3 is 0 Å². The van der Waals surface area contributed by atoms with E-state index in [1.165, 1.54) is 64.2 Å². The van der Waals surface area contributed by atoms with Gasteiger partial charge in [-0.15, -0.1) is 0 Å². The van der Waals surface area contributed by atoms with E-state index in [2.05, 4.69) is 71.3 Å². The average molecular weight is 620 g/mol. The van der Waals surface area contributed by atoms with Crippen LogP contribution in [-0.4, -0.2) is 36.2 Å². The predicted molar refractivity (Wildman–Crippen MR) is 186 cm³/mol. The van der Waals surface area contributed by atoms with Crippen LogP contribution in [0.15, 0.2) is 11.6 Å². The Hall–Kier alpha value is -0.130. The highest BCUT2D eigenvalue weighted by molar-refractivity contribution is 7.81. The summed E-state index contributed by atoms with van der Waals surface area (Å²) in [6.45, 7) is 13.9. The minimum Gasteiger partial charge on any atom is -0.376 e. The number of allylic oxidation sites excluding steroid dienone is 1. The fourth-order valence-corrected chi connectivity index (χ4v) is 11.1. The molecule has 0 aliphatic heterocycles. The molecule has 0 heterocycles. The van der Waals surface area contributed by atoms with Crippen LogP contribution < -0.4 is 5.32 Å². The summed E-state index contributed by atoms with van der Waals surface area (Å²) in [7, 11) is 0. The molecular weight excluding hydrogens is 555 g/mol. The lowest BCUT2D eigenvalue weighted by Crippen LogP contribution is -2.51. The van der Waals surface area contributed by atoms with Gasteiger partial charge in [-0.1, -0.05) is 72.0 Å². The summed E-state index contributed by atoms with van der Waals surface area (Å²) in [6.07, 6.45) is 22.6. The molecule has 3 nitrogen and oxygen atoms in total. The second-order valence-electron chi connectivity index (χ2n) is 15.8. The third-order valence-electron chi connectivity index (χ3n) is 12.7. The van der Waals surface area contributed by atoms with Crippen molar-refractivity contribution in [3.8, 4) is 0 Å². The molecule has 3 saturated carbocycles. The van der Waals surface area contributed by atoms with Gasteiger partial charge in [-0.25, -0.2) is 0 Å². The first-order valence-electron chi connectivity index (χ1n) is 17.9. The molecule has 0 saturated heterocycles. The minimum atomic E-state index is 0.157. The summed E-state index contributed by atoms with van der Waals surface area (Å²) in [5.41, 5.74) is 2.63. The van der Waals surface area contributed by atoms with Crippen LogP contribution in [0, 0.1) is 46.3 Å². The summed E-state index contributed by atoms with van der Waals surface area (Å²) in [6, 6.07) is 0. The summed E-state index contributed by atoms with van der Waals surface area (Å²) in [5, 5.41) is 3.49. The van der Waals surface area contributed by atoms with Gasteiger partial charge in [-0.05, 0) is 123 Å². The van der Waals surface area contributed by atoms with Crippen LogP contribution in [0.3, 0.4) is 0 Å². The van der Waals surface area contributed by atoms with Crippen molar-refractivity contribution >= 4 is 31.2 Å². The number of hydrogen-bond donors (Lipinski definition) is 3. The van der Waals surface area contributed by atoms with Gasteiger partial charge in [0.15, 0.2) is 0 Å². The van der Waals surface area contributed by atoms with Crippen LogP contribution in [-0.2, 0) is 9.53 Å². The molecule has 0 aromatic rings. The Labute approximate surface area is 270 Å². The molecule has 4 rings (SSSR count). The number of thiol groups is 2. The Balaban J connectivity index is 1.21. The molecule has 0 spiro atoms. The van der Waals surface area contributed by atoms with E-state index in [0.29, 0.717) is 41.8 Å². The largest absolute Gasteiger partial charge is 0.376 e. The van der Waals surface area contributed by atoms with Gasteiger partial charge < -0.3 is 10.1 Å². The lowest BCUT2D eigenvalue weighted by molar-refractivity contribution is -0.121. The van der Waals surface area contributed by atoms with Gasteiger partial charge in [-0.3, -0.25) is 4.79 Å². The molecule has 0 radical (unpaired) electrons. The number of rotatable bonds is 16. The summed E-state index contributed by atoms with van der Waals surface area (Å²) in [5.74, 6) is 6.36. The Bertz CT molecular complexity index is 891. The van der Waals surface area contributed by atoms with Crippen LogP contribution >= 0.6 is 25.3 Å². The normalized spacial score (nSPS) is 35.6. The predicted octanol–water partition coefficient (Wildman–Crippen LogP) is 9.71. The SMILES string of the molecule is CC(C)CCC[C@@H](C)[C@H]1CCC2C3CC=C4C[C@H](OCCNC(=O)CCCCC(S)CCS)CC[C@]4(C)C3CC[C@@]21C. The van der Waals surface area contributed by atoms with Crippen molar-refractivity contribution in [2.24, 2.45) is 46.3 Å². The highest BCUT2D eigenvalue weighted by atomic mass is 32.1. The topological polar surface area (TPSA) is 38.3 Å². The molecule has 242 valence electrons. The van der Waals surface area contributed by atoms with Crippen LogP contribution in [0.2, 0.25) is 0 Å². The quantitative estimate of drug-likeness (QED) is 0.0914. The van der Waals surface area contributed by atoms with Crippen LogP contribution in [0.1, 0.15) is 137 Å². The maximum Gasteiger partial charge on any atom is 0.220 e. The zero-order valence-corrected chi connectivity index (χ0v) is 29.6. The van der Waals surface area contributed by atoms with E-state index in [9.17, 15) is 4.79 Å². The van der Waals surface area contributed by atoms with Gasteiger partial charge in [0.2, 0.25) is 5.91 Å². The molecule has 4 unspecified atom stereocenters. The van der Waals surface area contributed by atoms with E-state index in [1.54, 1.807) is 5.57 Å². The fourth-order valence-electron chi connectivity index (χ4n) is 10.3. The van der Waals surface area contributed by atoms with Crippen molar-refractivity contribution in [2.45, 2.75) is 149 Å². The van der Waals surface area contributed by atoms with E-state index in [-0.39, 0.29) is 5.91 Å². The maximum absolute atomic E-state index is 12.3. The number of hydrogen-bond acceptors (Lipinski definition) is 4. The maximum atomic E-state index is 12.3. The Morgan fingerprint density at radius 2 is 1.81 bits per heavy atom. The zero-order chi connectivity index (χ0) is 30.3. The molecule has 1 N–H and O–H groups in total. The van der Waals surface area contributed by atoms with Crippen molar-refractivity contribution in [1.82, 2.24) is 5.32 Å². The van der Waals surface area contributed by atoms with E-state index < -0.39 is 0 Å². The second-order valence-corrected chi connectivity index (χ2v) is 17.0. The van der Waals surface area contributed by atoms with E-state index >= 15 is 0 Å². The first-order valence-corrected chi connectivity index (χ1v) is 19.1. The first kappa shape index (κ1) is 34.7. The number of unbranched alkanes of at least 4 members (excludes halogenated alkanes) is 1. The van der Waals surface area contributed by atoms with Crippen molar-refractivity contribution in [3.63, 3.8) is 0 Å². The molecular formula is C37H65NO2S2. The molecule has 1 amide bonds. The molecule has 5 heteroatoms. The van der Waals surface area contributed by atoms with Crippen LogP contribution in [0.5, 0.6) is 0 Å². The summed E-state index contributed by atoms with van der Waals surface area (Å²) in [4.78, 5) is 12.3. The third-order valence-corrected chi connectivity index (χ3v) is 13.5. The lowest BCUT2D eigenvalue weighted by Gasteiger charge is -2.58. The van der Waals surface area contributed by atoms with Crippen molar-refractivity contribution in [2.75, 3.05) is 18.9 Å². The van der Waals surface area contributed by atoms with E-state index in [0.717, 1.165) is 73.4 Å². The molecule has 9 atom stereocenters. The second kappa shape index (κ2) is 15.9. The monoisotopic (exact) mass is 619 g/mol. The summed E-state index contributed by atoms with van der Waals surface area (Å²) < 4.78 is 6.35. The van der Waals surface area contributed by atoms with E-state index in [4.69, 9.17) is 4.74 Å². The zero-order valence-electron chi connectivity index (χ0n) is 27.8. The minimum absolute atomic E-state index is 0.157. The van der Waals surface area contributed by atoms with Crippen molar-refractivity contribution in [1.29, 1.82) is 0 Å². The lowest BCUT2D eigenvalue weighted by atomic mass is 9.47. The molecule has 0 bridgehead atoms. The molecule has 0 aromatic heterocycles. The van der Waals surface area contributed by atoms with Gasteiger partial charge in [0, 0.05) is 18.2 Å². The van der Waals surface area contributed by atoms with Gasteiger partial charge in [0.25, 0.3) is 0 Å². The summed E-state index contributed by atoms with van der Waals surface area (Å²) >= 11 is 8.86. The van der Waals surface area contributed by atoms with Crippen molar-refractivity contribution in [3.05, 3.63) is 11.6 Å². The Morgan fingerprint density at radius 3 is 2.57 bits per heavy atom. The molecule has 42 heavy (non-hydrogen) atoms. The number of carbonyl (C=O) groups excluding carboxylic acids is 1. The van der Waals surface area contributed by atoms with Crippen LogP contribution in [0.4, 0.5) is 0 Å². The van der Waals surface area contributed by atoms with E-state index in [1.807, 2.05) is 0 Å². The molecule has 4 aliphatic rings. The number of nitrogens with one attached hydrogen (secondary N) is 1. The Kier molecular flexibility index (Phi) is 13.2. The number of ether oxygens (including phenoxy) is 1. The third kappa shape index (κ3) is 8.36. The van der Waals surface area contributed by atoms with Gasteiger partial charge in [0.05, 0.1) is 12.7 Å². The number of fused-ring (bicyclic) bond motifs is 5. The molecule has 0 aromatic carbocycles. The standard InChI is InChI=1S/C37H65NO2S2/c1-26(2)9-8-10-27(3)32-15-16-33-31-14-13-28-25-29(17-20-36(28,4)34(31)18-21-37(32,33)5)40-23-22-38-35(39)12-7-6-11-30(42)19-24-41/h13,26-27,29-34,41-42H,6-12,14-25H2,1-5H3,(H,38,39)/t27-,29-,30?,31?,32-,33?,34?,36+,37-/m1/s1. The highest BCUT2D eigenvalue weighted by Gasteiger charge is 2.59. The average Bonchev–Trinajstić information content (AvgIpc) is 3.30. The molecule has 3 fully saturated rings. The Morgan fingerprint density at radius 1 is 1.00 bits per heavy atom. The van der Waals surface area contributed by atoms with Gasteiger partial charge in [-0.2, -0.15) is 25.3 Å². The van der Waals surface area contributed by atoms with Crippen molar-refractivity contribution < 1.29 is 9.53 Å². The van der Waals surface area contributed by atoms with Gasteiger partial charge in [0.1, 0.15) is 0 Å². The first-order chi connectivity index (χ1) is 20.1. The highest BCUT2D eigenvalue weighted by Crippen LogP contribution is 2.67.